The summed E-state index contributed by atoms with van der Waals surface area (Å²) < 4.78 is 5.09. The van der Waals surface area contributed by atoms with Gasteiger partial charge in [-0.1, -0.05) is 17.8 Å². The number of nitrogens with two attached hydrogens (primary N) is 1. The smallest absolute Gasteiger partial charge is 0.289 e. The number of nitrogens with zero attached hydrogens (tertiary/aromatic N) is 2. The Morgan fingerprint density at radius 1 is 1.24 bits per heavy atom. The lowest BCUT2D eigenvalue weighted by molar-refractivity contribution is -0.410. The van der Waals surface area contributed by atoms with Crippen molar-refractivity contribution in [2.75, 3.05) is 23.9 Å². The number of thiophene rings is 1. The van der Waals surface area contributed by atoms with Crippen LogP contribution in [0, 0.1) is 22.7 Å². The lowest BCUT2D eigenvalue weighted by Crippen LogP contribution is -2.20. The number of carbonyl (C=O) groups excluding carboxylic acids is 1. The molecule has 0 aliphatic carbocycles. The summed E-state index contributed by atoms with van der Waals surface area (Å²) in [5.41, 5.74) is 7.65. The van der Waals surface area contributed by atoms with Gasteiger partial charge in [-0.2, -0.15) is 10.5 Å². The van der Waals surface area contributed by atoms with Crippen molar-refractivity contribution in [1.29, 1.82) is 10.5 Å². The summed E-state index contributed by atoms with van der Waals surface area (Å²) in [6.07, 6.45) is 0. The topological polar surface area (TPSA) is 126 Å². The number of hydrogen-bond donors (Lipinski definition) is 2. The van der Waals surface area contributed by atoms with Gasteiger partial charge >= 0.3 is 0 Å². The predicted molar refractivity (Wildman–Crippen MR) is 113 cm³/mol. The number of carbonyl (C=O) groups is 1. The summed E-state index contributed by atoms with van der Waals surface area (Å²) in [6, 6.07) is 14.8. The Hall–Kier alpha value is -3.53. The fourth-order valence-electron chi connectivity index (χ4n) is 2.63. The Balaban J connectivity index is 1.83. The molecule has 29 heavy (non-hydrogen) atoms. The summed E-state index contributed by atoms with van der Waals surface area (Å²) in [7, 11) is 1.57. The van der Waals surface area contributed by atoms with Crippen LogP contribution >= 0.6 is 23.1 Å². The molecule has 7 nitrogen and oxygen atoms in total. The molecule has 1 amide bonds. The van der Waals surface area contributed by atoms with E-state index in [1.807, 2.05) is 17.5 Å². The molecule has 3 rings (SSSR count). The second-order valence-corrected chi connectivity index (χ2v) is 7.69. The van der Waals surface area contributed by atoms with Crippen LogP contribution in [0.2, 0.25) is 0 Å². The number of nitrogen functional groups attached to an aromatic ring is 1. The molecular weight excluding hydrogens is 406 g/mol. The number of pyridine rings is 1. The van der Waals surface area contributed by atoms with Gasteiger partial charge in [0, 0.05) is 16.1 Å². The summed E-state index contributed by atoms with van der Waals surface area (Å²) in [5, 5.41) is 24.3. The van der Waals surface area contributed by atoms with Crippen molar-refractivity contribution in [2.45, 2.75) is 5.03 Å². The van der Waals surface area contributed by atoms with Crippen molar-refractivity contribution in [3.63, 3.8) is 0 Å². The van der Waals surface area contributed by atoms with Gasteiger partial charge in [0.2, 0.25) is 5.91 Å². The molecule has 0 spiro atoms. The zero-order chi connectivity index (χ0) is 20.8. The Kier molecular flexibility index (Phi) is 6.35. The van der Waals surface area contributed by atoms with Crippen LogP contribution in [0.3, 0.4) is 0 Å². The summed E-state index contributed by atoms with van der Waals surface area (Å²) >= 11 is 2.56. The molecule has 0 atom stereocenters. The van der Waals surface area contributed by atoms with E-state index in [-0.39, 0.29) is 23.0 Å². The van der Waals surface area contributed by atoms with Gasteiger partial charge < -0.3 is 10.1 Å². The van der Waals surface area contributed by atoms with Gasteiger partial charge in [-0.25, -0.2) is 4.98 Å². The first kappa shape index (κ1) is 20.2. The molecule has 0 bridgehead atoms. The number of nitrogens with one attached hydrogen (secondary N) is 2. The molecule has 1 aromatic carbocycles. The highest BCUT2D eigenvalue weighted by Gasteiger charge is 2.24. The lowest BCUT2D eigenvalue weighted by Gasteiger charge is -2.09. The van der Waals surface area contributed by atoms with Crippen molar-refractivity contribution in [3.05, 3.63) is 52.9 Å². The summed E-state index contributed by atoms with van der Waals surface area (Å²) in [4.78, 5) is 16.0. The number of hydrogen-bond acceptors (Lipinski definition) is 7. The molecule has 3 aromatic rings. The Morgan fingerprint density at radius 2 is 1.97 bits per heavy atom. The molecule has 0 radical (unpaired) electrons. The van der Waals surface area contributed by atoms with Crippen LogP contribution in [-0.4, -0.2) is 18.8 Å². The third kappa shape index (κ3) is 4.49. The third-order valence-electron chi connectivity index (χ3n) is 3.96. The standard InChI is InChI=1S/C20H15N5O2S2/c1-27-13-6-4-12(5-7-13)24-17(26)11-29-20-15(10-22)18(16-3-2-8-28-16)14(9-21)19(23)25-20/h2-8H,11H2,1H3,(H2,23,25)(H,24,26)/p+1. The first-order valence-electron chi connectivity index (χ1n) is 8.37. The fourth-order valence-corrected chi connectivity index (χ4v) is 4.23. The number of methoxy groups -OCH3 is 1. The largest absolute Gasteiger partial charge is 0.497 e. The van der Waals surface area contributed by atoms with Gasteiger partial charge in [0.25, 0.3) is 5.82 Å². The molecule has 0 saturated heterocycles. The molecule has 2 heterocycles. The normalized spacial score (nSPS) is 10.0. The van der Waals surface area contributed by atoms with Crippen molar-refractivity contribution in [2.24, 2.45) is 0 Å². The summed E-state index contributed by atoms with van der Waals surface area (Å²) in [5.74, 6) is 0.678. The Morgan fingerprint density at radius 3 is 2.55 bits per heavy atom. The SMILES string of the molecule is COc1ccc(NC(=O)CSc2[nH+]c(N)c(C#N)c(-c3cccs3)c2C#N)cc1. The maximum absolute atomic E-state index is 12.3. The van der Waals surface area contributed by atoms with Crippen LogP contribution in [0.5, 0.6) is 5.75 Å². The van der Waals surface area contributed by atoms with E-state index in [1.54, 1.807) is 31.4 Å². The second-order valence-electron chi connectivity index (χ2n) is 5.76. The number of amides is 1. The number of ether oxygens (including phenoxy) is 1. The lowest BCUT2D eigenvalue weighted by atomic mass is 10.0. The van der Waals surface area contributed by atoms with Crippen molar-refractivity contribution >= 4 is 40.5 Å². The van der Waals surface area contributed by atoms with Gasteiger partial charge in [0.15, 0.2) is 10.6 Å². The number of thioether (sulfide) groups is 1. The van der Waals surface area contributed by atoms with Crippen LogP contribution in [0.4, 0.5) is 11.5 Å². The number of benzene rings is 1. The number of anilines is 2. The van der Waals surface area contributed by atoms with Gasteiger partial charge in [0.1, 0.15) is 23.5 Å². The number of nitriles is 2. The average molecular weight is 423 g/mol. The maximum atomic E-state index is 12.3. The minimum atomic E-state index is -0.238. The third-order valence-corrected chi connectivity index (χ3v) is 5.85. The molecule has 9 heteroatoms. The predicted octanol–water partition coefficient (Wildman–Crippen LogP) is 3.29. The van der Waals surface area contributed by atoms with E-state index in [0.29, 0.717) is 27.6 Å². The minimum absolute atomic E-state index is 0.0619. The van der Waals surface area contributed by atoms with Crippen molar-refractivity contribution < 1.29 is 14.5 Å². The molecule has 144 valence electrons. The number of aromatic nitrogens is 1. The molecule has 0 unspecified atom stereocenters. The molecule has 2 aromatic heterocycles. The monoisotopic (exact) mass is 422 g/mol. The highest BCUT2D eigenvalue weighted by atomic mass is 32.2. The van der Waals surface area contributed by atoms with Crippen LogP contribution in [0.15, 0.2) is 46.8 Å². The van der Waals surface area contributed by atoms with Gasteiger partial charge in [-0.3, -0.25) is 10.5 Å². The maximum Gasteiger partial charge on any atom is 0.289 e. The van der Waals surface area contributed by atoms with E-state index in [4.69, 9.17) is 10.5 Å². The second kappa shape index (κ2) is 9.11. The minimum Gasteiger partial charge on any atom is -0.497 e. The van der Waals surface area contributed by atoms with E-state index < -0.39 is 0 Å². The van der Waals surface area contributed by atoms with Crippen molar-refractivity contribution in [3.8, 4) is 28.3 Å². The van der Waals surface area contributed by atoms with E-state index in [1.165, 1.54) is 11.3 Å². The van der Waals surface area contributed by atoms with Gasteiger partial charge in [-0.05, 0) is 35.7 Å². The Bertz CT molecular complexity index is 1110. The first-order chi connectivity index (χ1) is 14.1. The van der Waals surface area contributed by atoms with Crippen LogP contribution < -0.4 is 20.8 Å². The molecule has 4 N–H and O–H groups in total. The Labute approximate surface area is 175 Å². The highest BCUT2D eigenvalue weighted by Crippen LogP contribution is 2.35. The van der Waals surface area contributed by atoms with Crippen LogP contribution in [0.25, 0.3) is 10.4 Å². The molecule has 0 aliphatic heterocycles. The molecular formula is C20H16N5O2S2+. The molecule has 0 saturated carbocycles. The number of H-pyrrole nitrogens is 1. The molecule has 0 fully saturated rings. The van der Waals surface area contributed by atoms with E-state index in [0.717, 1.165) is 16.6 Å². The van der Waals surface area contributed by atoms with Crippen molar-refractivity contribution in [1.82, 2.24) is 0 Å². The molecule has 0 aliphatic rings. The van der Waals surface area contributed by atoms with E-state index >= 15 is 0 Å². The number of rotatable bonds is 6. The van der Waals surface area contributed by atoms with E-state index in [2.05, 4.69) is 22.4 Å². The zero-order valence-electron chi connectivity index (χ0n) is 15.4. The first-order valence-corrected chi connectivity index (χ1v) is 10.2. The van der Waals surface area contributed by atoms with Crippen LogP contribution in [-0.2, 0) is 4.79 Å². The highest BCUT2D eigenvalue weighted by molar-refractivity contribution is 7.99. The van der Waals surface area contributed by atoms with Gasteiger partial charge in [0.05, 0.1) is 12.9 Å². The quantitative estimate of drug-likeness (QED) is 0.587. The average Bonchev–Trinajstić information content (AvgIpc) is 3.26. The van der Waals surface area contributed by atoms with Crippen LogP contribution in [0.1, 0.15) is 11.1 Å². The number of aromatic amines is 1. The van der Waals surface area contributed by atoms with E-state index in [9.17, 15) is 15.3 Å². The fraction of sp³-hybridized carbons (Fsp3) is 0.100. The van der Waals surface area contributed by atoms with Gasteiger partial charge in [-0.15, -0.1) is 11.3 Å². The summed E-state index contributed by atoms with van der Waals surface area (Å²) in [6.45, 7) is 0. The zero-order valence-corrected chi connectivity index (χ0v) is 17.0.